The average Bonchev–Trinajstić information content (AvgIpc) is 2.35. The summed E-state index contributed by atoms with van der Waals surface area (Å²) in [7, 11) is 1.37. The van der Waals surface area contributed by atoms with Gasteiger partial charge in [0.15, 0.2) is 0 Å². The minimum absolute atomic E-state index is 0.226. The SMILES string of the molecule is CCOc1cc(C)c(CC(Cl)CC(=O)OC)cc1C. The van der Waals surface area contributed by atoms with Crippen molar-refractivity contribution in [2.45, 2.75) is 39.0 Å². The van der Waals surface area contributed by atoms with Crippen LogP contribution in [0.3, 0.4) is 0 Å². The van der Waals surface area contributed by atoms with Crippen molar-refractivity contribution >= 4 is 17.6 Å². The molecule has 1 unspecified atom stereocenters. The maximum Gasteiger partial charge on any atom is 0.307 e. The van der Waals surface area contributed by atoms with E-state index in [0.717, 1.165) is 22.4 Å². The van der Waals surface area contributed by atoms with Crippen LogP contribution in [-0.4, -0.2) is 25.1 Å². The molecular weight excluding hydrogens is 264 g/mol. The van der Waals surface area contributed by atoms with Crippen LogP contribution in [0.25, 0.3) is 0 Å². The third-order valence-electron chi connectivity index (χ3n) is 2.99. The molecule has 0 saturated heterocycles. The highest BCUT2D eigenvalue weighted by molar-refractivity contribution is 6.21. The van der Waals surface area contributed by atoms with Gasteiger partial charge in [-0.1, -0.05) is 6.07 Å². The molecule has 1 aromatic rings. The summed E-state index contributed by atoms with van der Waals surface area (Å²) < 4.78 is 10.2. The van der Waals surface area contributed by atoms with Gasteiger partial charge in [0, 0.05) is 5.38 Å². The van der Waals surface area contributed by atoms with Crippen LogP contribution in [0, 0.1) is 13.8 Å². The quantitative estimate of drug-likeness (QED) is 0.593. The zero-order chi connectivity index (χ0) is 14.4. The topological polar surface area (TPSA) is 35.5 Å². The minimum Gasteiger partial charge on any atom is -0.494 e. The number of alkyl halides is 1. The van der Waals surface area contributed by atoms with Gasteiger partial charge in [0.05, 0.1) is 20.1 Å². The van der Waals surface area contributed by atoms with Crippen LogP contribution in [-0.2, 0) is 16.0 Å². The molecule has 1 atom stereocenters. The molecule has 0 bridgehead atoms. The number of benzene rings is 1. The van der Waals surface area contributed by atoms with Crippen molar-refractivity contribution in [3.05, 3.63) is 28.8 Å². The lowest BCUT2D eigenvalue weighted by molar-refractivity contribution is -0.140. The number of carbonyl (C=O) groups excluding carboxylic acids is 1. The molecule has 0 aromatic heterocycles. The van der Waals surface area contributed by atoms with Crippen LogP contribution >= 0.6 is 11.6 Å². The second kappa shape index (κ2) is 7.39. The number of aryl methyl sites for hydroxylation is 2. The molecule has 0 aliphatic heterocycles. The number of carbonyl (C=O) groups is 1. The van der Waals surface area contributed by atoms with Crippen molar-refractivity contribution in [2.24, 2.45) is 0 Å². The van der Waals surface area contributed by atoms with Gasteiger partial charge in [-0.2, -0.15) is 0 Å². The van der Waals surface area contributed by atoms with E-state index in [9.17, 15) is 4.79 Å². The van der Waals surface area contributed by atoms with Crippen molar-refractivity contribution in [1.29, 1.82) is 0 Å². The van der Waals surface area contributed by atoms with Crippen molar-refractivity contribution in [3.63, 3.8) is 0 Å². The van der Waals surface area contributed by atoms with Crippen LogP contribution in [0.15, 0.2) is 12.1 Å². The molecule has 106 valence electrons. The molecule has 0 fully saturated rings. The third-order valence-corrected chi connectivity index (χ3v) is 3.30. The number of rotatable bonds is 6. The van der Waals surface area contributed by atoms with Gasteiger partial charge in [-0.3, -0.25) is 4.79 Å². The summed E-state index contributed by atoms with van der Waals surface area (Å²) in [4.78, 5) is 11.2. The van der Waals surface area contributed by atoms with E-state index < -0.39 is 0 Å². The number of hydrogen-bond acceptors (Lipinski definition) is 3. The zero-order valence-electron chi connectivity index (χ0n) is 12.0. The van der Waals surface area contributed by atoms with E-state index in [0.29, 0.717) is 13.0 Å². The van der Waals surface area contributed by atoms with E-state index in [1.54, 1.807) is 0 Å². The molecule has 19 heavy (non-hydrogen) atoms. The van der Waals surface area contributed by atoms with Crippen molar-refractivity contribution in [2.75, 3.05) is 13.7 Å². The maximum atomic E-state index is 11.2. The minimum atomic E-state index is -0.277. The summed E-state index contributed by atoms with van der Waals surface area (Å²) in [6, 6.07) is 4.10. The number of ether oxygens (including phenoxy) is 2. The van der Waals surface area contributed by atoms with Gasteiger partial charge in [0.25, 0.3) is 0 Å². The molecule has 3 nitrogen and oxygen atoms in total. The normalized spacial score (nSPS) is 12.1. The Bertz CT molecular complexity index is 443. The molecule has 4 heteroatoms. The highest BCUT2D eigenvalue weighted by Gasteiger charge is 2.14. The summed E-state index contributed by atoms with van der Waals surface area (Å²) in [5.41, 5.74) is 3.36. The molecule has 0 N–H and O–H groups in total. The molecule has 0 aliphatic rings. The predicted molar refractivity (Wildman–Crippen MR) is 77.1 cm³/mol. The summed E-state index contributed by atoms with van der Waals surface area (Å²) in [5, 5.41) is -0.247. The zero-order valence-corrected chi connectivity index (χ0v) is 12.7. The fourth-order valence-electron chi connectivity index (χ4n) is 1.96. The molecule has 0 heterocycles. The Hall–Kier alpha value is -1.22. The van der Waals surface area contributed by atoms with Gasteiger partial charge in [0.1, 0.15) is 5.75 Å². The Morgan fingerprint density at radius 2 is 2.00 bits per heavy atom. The highest BCUT2D eigenvalue weighted by Crippen LogP contribution is 2.25. The molecule has 0 amide bonds. The summed E-state index contributed by atoms with van der Waals surface area (Å²) in [5.74, 6) is 0.628. The molecule has 1 aromatic carbocycles. The summed E-state index contributed by atoms with van der Waals surface area (Å²) in [6.07, 6.45) is 0.874. The lowest BCUT2D eigenvalue weighted by Gasteiger charge is -2.14. The van der Waals surface area contributed by atoms with Crippen LogP contribution in [0.1, 0.15) is 30.0 Å². The first-order valence-electron chi connectivity index (χ1n) is 6.41. The van der Waals surface area contributed by atoms with Crippen molar-refractivity contribution in [1.82, 2.24) is 0 Å². The van der Waals surface area contributed by atoms with Crippen LogP contribution < -0.4 is 4.74 Å². The molecule has 1 rings (SSSR count). The smallest absolute Gasteiger partial charge is 0.307 e. The molecular formula is C15H21ClO3. The van der Waals surface area contributed by atoms with E-state index in [1.165, 1.54) is 7.11 Å². The average molecular weight is 285 g/mol. The highest BCUT2D eigenvalue weighted by atomic mass is 35.5. The second-order valence-corrected chi connectivity index (χ2v) is 5.18. The Kier molecular flexibility index (Phi) is 6.16. The van der Waals surface area contributed by atoms with Crippen LogP contribution in [0.4, 0.5) is 0 Å². The fraction of sp³-hybridized carbons (Fsp3) is 0.533. The third kappa shape index (κ3) is 4.75. The first-order chi connectivity index (χ1) is 8.97. The van der Waals surface area contributed by atoms with Gasteiger partial charge in [-0.05, 0) is 49.9 Å². The van der Waals surface area contributed by atoms with Gasteiger partial charge in [-0.15, -0.1) is 11.6 Å². The van der Waals surface area contributed by atoms with E-state index in [4.69, 9.17) is 16.3 Å². The van der Waals surface area contributed by atoms with Crippen molar-refractivity contribution in [3.8, 4) is 5.75 Å². The summed E-state index contributed by atoms with van der Waals surface area (Å²) in [6.45, 7) is 6.66. The Morgan fingerprint density at radius 3 is 2.58 bits per heavy atom. The standard InChI is InChI=1S/C15H21ClO3/c1-5-19-14-7-10(2)12(6-11(14)3)8-13(16)9-15(17)18-4/h6-7,13H,5,8-9H2,1-4H3. The number of methoxy groups -OCH3 is 1. The van der Waals surface area contributed by atoms with Gasteiger partial charge < -0.3 is 9.47 Å². The van der Waals surface area contributed by atoms with Crippen LogP contribution in [0.5, 0.6) is 5.75 Å². The van der Waals surface area contributed by atoms with E-state index >= 15 is 0 Å². The number of halogens is 1. The summed E-state index contributed by atoms with van der Waals surface area (Å²) >= 11 is 6.18. The maximum absolute atomic E-state index is 11.2. The Balaban J connectivity index is 2.78. The first-order valence-corrected chi connectivity index (χ1v) is 6.85. The van der Waals surface area contributed by atoms with Crippen LogP contribution in [0.2, 0.25) is 0 Å². The monoisotopic (exact) mass is 284 g/mol. The molecule has 0 saturated carbocycles. The predicted octanol–water partition coefficient (Wildman–Crippen LogP) is 3.42. The fourth-order valence-corrected chi connectivity index (χ4v) is 2.25. The van der Waals surface area contributed by atoms with E-state index in [-0.39, 0.29) is 17.8 Å². The first kappa shape index (κ1) is 15.8. The molecule has 0 aliphatic carbocycles. The number of esters is 1. The van der Waals surface area contributed by atoms with E-state index in [2.05, 4.69) is 10.8 Å². The van der Waals surface area contributed by atoms with Crippen molar-refractivity contribution < 1.29 is 14.3 Å². The molecule has 0 radical (unpaired) electrons. The largest absolute Gasteiger partial charge is 0.494 e. The molecule has 0 spiro atoms. The Morgan fingerprint density at radius 1 is 1.32 bits per heavy atom. The van der Waals surface area contributed by atoms with Gasteiger partial charge >= 0.3 is 5.97 Å². The van der Waals surface area contributed by atoms with E-state index in [1.807, 2.05) is 26.8 Å². The Labute approximate surface area is 119 Å². The second-order valence-electron chi connectivity index (χ2n) is 4.56. The lowest BCUT2D eigenvalue weighted by atomic mass is 9.99. The van der Waals surface area contributed by atoms with Gasteiger partial charge in [0.2, 0.25) is 0 Å². The van der Waals surface area contributed by atoms with Gasteiger partial charge in [-0.25, -0.2) is 0 Å². The lowest BCUT2D eigenvalue weighted by Crippen LogP contribution is -2.13. The number of hydrogen-bond donors (Lipinski definition) is 0.